The lowest BCUT2D eigenvalue weighted by Gasteiger charge is -2.20. The third-order valence-electron chi connectivity index (χ3n) is 2.82. The fourth-order valence-corrected chi connectivity index (χ4v) is 3.16. The maximum atomic E-state index is 11.3. The minimum atomic E-state index is -2.96. The van der Waals surface area contributed by atoms with Crippen molar-refractivity contribution in [1.29, 1.82) is 0 Å². The molecule has 0 fully saturated rings. The summed E-state index contributed by atoms with van der Waals surface area (Å²) in [5.74, 6) is 0.974. The summed E-state index contributed by atoms with van der Waals surface area (Å²) in [6.45, 7) is 7.88. The lowest BCUT2D eigenvalue weighted by molar-refractivity contribution is 0.242. The Morgan fingerprint density at radius 2 is 1.85 bits per heavy atom. The highest BCUT2D eigenvalue weighted by Crippen LogP contribution is 2.20. The molecule has 0 aromatic heterocycles. The zero-order valence-electron chi connectivity index (χ0n) is 12.9. The first-order chi connectivity index (χ1) is 9.17. The second kappa shape index (κ2) is 7.09. The van der Waals surface area contributed by atoms with Crippen molar-refractivity contribution >= 4 is 9.84 Å². The molecule has 0 saturated heterocycles. The van der Waals surface area contributed by atoms with Crippen molar-refractivity contribution in [3.8, 4) is 5.75 Å². The van der Waals surface area contributed by atoms with Crippen molar-refractivity contribution in [3.63, 3.8) is 0 Å². The van der Waals surface area contributed by atoms with E-state index in [1.165, 1.54) is 6.26 Å². The molecule has 1 rings (SSSR count). The summed E-state index contributed by atoms with van der Waals surface area (Å²) < 4.78 is 28.2. The van der Waals surface area contributed by atoms with E-state index >= 15 is 0 Å². The first kappa shape index (κ1) is 17.0. The van der Waals surface area contributed by atoms with Gasteiger partial charge in [-0.3, -0.25) is 0 Å². The molecule has 1 aromatic rings. The van der Waals surface area contributed by atoms with Gasteiger partial charge in [-0.2, -0.15) is 0 Å². The lowest BCUT2D eigenvalue weighted by Crippen LogP contribution is -2.34. The van der Waals surface area contributed by atoms with Crippen molar-refractivity contribution in [1.82, 2.24) is 5.32 Å². The van der Waals surface area contributed by atoms with Crippen LogP contribution in [-0.4, -0.2) is 32.6 Å². The van der Waals surface area contributed by atoms with Gasteiger partial charge in [-0.25, -0.2) is 8.42 Å². The summed E-state index contributed by atoms with van der Waals surface area (Å²) in [4.78, 5) is 0. The Labute approximate surface area is 122 Å². The molecule has 20 heavy (non-hydrogen) atoms. The molecule has 2 unspecified atom stereocenters. The molecule has 0 radical (unpaired) electrons. The van der Waals surface area contributed by atoms with Gasteiger partial charge < -0.3 is 10.1 Å². The molecule has 114 valence electrons. The molecule has 5 heteroatoms. The lowest BCUT2D eigenvalue weighted by atomic mass is 10.1. The Morgan fingerprint density at radius 1 is 1.20 bits per heavy atom. The van der Waals surface area contributed by atoms with E-state index < -0.39 is 9.84 Å². The molecule has 1 N–H and O–H groups in total. The number of sulfone groups is 1. The van der Waals surface area contributed by atoms with Crippen molar-refractivity contribution in [2.45, 2.75) is 45.9 Å². The van der Waals surface area contributed by atoms with Crippen molar-refractivity contribution in [3.05, 3.63) is 29.8 Å². The summed E-state index contributed by atoms with van der Waals surface area (Å²) in [6, 6.07) is 7.86. The highest BCUT2D eigenvalue weighted by atomic mass is 32.2. The molecule has 4 nitrogen and oxygen atoms in total. The average Bonchev–Trinajstić information content (AvgIpc) is 2.25. The van der Waals surface area contributed by atoms with Gasteiger partial charge in [-0.1, -0.05) is 12.1 Å². The highest BCUT2D eigenvalue weighted by molar-refractivity contribution is 7.90. The Hall–Kier alpha value is -1.07. The second-order valence-corrected chi connectivity index (χ2v) is 7.81. The van der Waals surface area contributed by atoms with E-state index in [2.05, 4.69) is 5.32 Å². The molecule has 0 saturated carbocycles. The zero-order valence-corrected chi connectivity index (χ0v) is 13.7. The molecule has 0 aliphatic carbocycles. The Morgan fingerprint density at radius 3 is 2.40 bits per heavy atom. The molecule has 0 aliphatic rings. The maximum absolute atomic E-state index is 11.3. The van der Waals surface area contributed by atoms with Crippen LogP contribution in [0.15, 0.2) is 24.3 Å². The minimum absolute atomic E-state index is 0.0717. The number of benzene rings is 1. The first-order valence-corrected chi connectivity index (χ1v) is 8.94. The van der Waals surface area contributed by atoms with Crippen LogP contribution in [0.25, 0.3) is 0 Å². The Balaban J connectivity index is 2.69. The van der Waals surface area contributed by atoms with Gasteiger partial charge in [0, 0.05) is 18.3 Å². The molecule has 0 spiro atoms. The van der Waals surface area contributed by atoms with Gasteiger partial charge >= 0.3 is 0 Å². The summed E-state index contributed by atoms with van der Waals surface area (Å²) in [6.07, 6.45) is 1.39. The monoisotopic (exact) mass is 299 g/mol. The van der Waals surface area contributed by atoms with E-state index in [0.717, 1.165) is 11.3 Å². The van der Waals surface area contributed by atoms with E-state index in [9.17, 15) is 8.42 Å². The van der Waals surface area contributed by atoms with Crippen LogP contribution in [0.3, 0.4) is 0 Å². The van der Waals surface area contributed by atoms with E-state index in [1.54, 1.807) is 0 Å². The third kappa shape index (κ3) is 6.39. The normalized spacial score (nSPS) is 15.1. The van der Waals surface area contributed by atoms with Crippen LogP contribution in [0.2, 0.25) is 0 Å². The zero-order chi connectivity index (χ0) is 15.3. The van der Waals surface area contributed by atoms with Crippen LogP contribution in [0, 0.1) is 0 Å². The van der Waals surface area contributed by atoms with Gasteiger partial charge in [0.15, 0.2) is 0 Å². The predicted octanol–water partition coefficient (Wildman–Crippen LogP) is 2.56. The number of rotatable bonds is 7. The predicted molar refractivity (Wildman–Crippen MR) is 82.9 cm³/mol. The van der Waals surface area contributed by atoms with E-state index in [4.69, 9.17) is 4.74 Å². The maximum Gasteiger partial charge on any atom is 0.148 e. The van der Waals surface area contributed by atoms with Crippen LogP contribution >= 0.6 is 0 Å². The molecule has 0 bridgehead atoms. The summed E-state index contributed by atoms with van der Waals surface area (Å²) >= 11 is 0. The van der Waals surface area contributed by atoms with Gasteiger partial charge in [0.05, 0.1) is 11.9 Å². The number of hydrogen-bond acceptors (Lipinski definition) is 4. The van der Waals surface area contributed by atoms with Gasteiger partial charge in [-0.15, -0.1) is 0 Å². The summed E-state index contributed by atoms with van der Waals surface area (Å²) in [7, 11) is -2.96. The summed E-state index contributed by atoms with van der Waals surface area (Å²) in [5, 5.41) is 3.30. The van der Waals surface area contributed by atoms with Gasteiger partial charge in [-0.05, 0) is 45.4 Å². The summed E-state index contributed by atoms with van der Waals surface area (Å²) in [5.41, 5.74) is 1.09. The van der Waals surface area contributed by atoms with Gasteiger partial charge in [0.2, 0.25) is 0 Å². The Bertz CT molecular complexity index is 526. The fourth-order valence-electron chi connectivity index (χ4n) is 2.15. The number of nitrogens with one attached hydrogen (secondary N) is 1. The smallest absolute Gasteiger partial charge is 0.148 e. The Kier molecular flexibility index (Phi) is 6.02. The minimum Gasteiger partial charge on any atom is -0.491 e. The molecular weight excluding hydrogens is 274 g/mol. The standard InChI is InChI=1S/C15H25NO3S/c1-11(2)19-15-8-6-7-14(9-15)13(4)16-12(3)10-20(5,17)18/h6-9,11-13,16H,10H2,1-5H3. The highest BCUT2D eigenvalue weighted by Gasteiger charge is 2.14. The molecule has 2 atom stereocenters. The second-order valence-electron chi connectivity index (χ2n) is 5.62. The van der Waals surface area contributed by atoms with Crippen LogP contribution in [0.4, 0.5) is 0 Å². The molecule has 0 amide bonds. The molecule has 0 heterocycles. The van der Waals surface area contributed by atoms with Crippen LogP contribution in [0.5, 0.6) is 5.75 Å². The largest absolute Gasteiger partial charge is 0.491 e. The molecular formula is C15H25NO3S. The van der Waals surface area contributed by atoms with E-state index in [1.807, 2.05) is 52.0 Å². The quantitative estimate of drug-likeness (QED) is 0.840. The van der Waals surface area contributed by atoms with Gasteiger partial charge in [0.1, 0.15) is 15.6 Å². The van der Waals surface area contributed by atoms with Crippen molar-refractivity contribution < 1.29 is 13.2 Å². The molecule has 0 aliphatic heterocycles. The SMILES string of the molecule is CC(CS(C)(=O)=O)NC(C)c1cccc(OC(C)C)c1. The van der Waals surface area contributed by atoms with E-state index in [-0.39, 0.29) is 23.9 Å². The van der Waals surface area contributed by atoms with Crippen LogP contribution < -0.4 is 10.1 Å². The van der Waals surface area contributed by atoms with E-state index in [0.29, 0.717) is 0 Å². The van der Waals surface area contributed by atoms with Crippen LogP contribution in [-0.2, 0) is 9.84 Å². The topological polar surface area (TPSA) is 55.4 Å². The molecule has 1 aromatic carbocycles. The average molecular weight is 299 g/mol. The van der Waals surface area contributed by atoms with Crippen molar-refractivity contribution in [2.75, 3.05) is 12.0 Å². The fraction of sp³-hybridized carbons (Fsp3) is 0.600. The third-order valence-corrected chi connectivity index (χ3v) is 3.92. The number of ether oxygens (including phenoxy) is 1. The van der Waals surface area contributed by atoms with Gasteiger partial charge in [0.25, 0.3) is 0 Å². The number of hydrogen-bond donors (Lipinski definition) is 1. The van der Waals surface area contributed by atoms with Crippen molar-refractivity contribution in [2.24, 2.45) is 0 Å². The first-order valence-electron chi connectivity index (χ1n) is 6.88. The van der Waals surface area contributed by atoms with Crippen LogP contribution in [0.1, 0.15) is 39.3 Å².